The van der Waals surface area contributed by atoms with E-state index in [1.165, 1.54) is 5.56 Å². The fourth-order valence-corrected chi connectivity index (χ4v) is 2.07. The summed E-state index contributed by atoms with van der Waals surface area (Å²) < 4.78 is 0. The summed E-state index contributed by atoms with van der Waals surface area (Å²) in [6.07, 6.45) is 1.96. The summed E-state index contributed by atoms with van der Waals surface area (Å²) in [5.41, 5.74) is 2.33. The van der Waals surface area contributed by atoms with Gasteiger partial charge in [0, 0.05) is 42.1 Å². The number of hydrogen-bond donors (Lipinski definition) is 1. The summed E-state index contributed by atoms with van der Waals surface area (Å²) >= 11 is 0. The Morgan fingerprint density at radius 2 is 1.81 bits per heavy atom. The summed E-state index contributed by atoms with van der Waals surface area (Å²) in [4.78, 5) is 11.6. The third-order valence-corrected chi connectivity index (χ3v) is 3.32. The highest BCUT2D eigenvalue weighted by molar-refractivity contribution is 5.34. The van der Waals surface area contributed by atoms with Gasteiger partial charge in [-0.3, -0.25) is 0 Å². The van der Waals surface area contributed by atoms with Crippen molar-refractivity contribution in [3.8, 4) is 0 Å². The maximum Gasteiger partial charge on any atom is 0.225 e. The number of aryl methyl sites for hydroxylation is 1. The normalized spacial score (nSPS) is 12.3. The molecule has 0 aliphatic rings. The first-order chi connectivity index (χ1) is 9.60. The SMILES string of the molecule is Cc1nc(N(CC(C)C)C(C)C)ncc1CNC(C)(C)C. The quantitative estimate of drug-likeness (QED) is 0.870. The van der Waals surface area contributed by atoms with Gasteiger partial charge in [0.05, 0.1) is 0 Å². The van der Waals surface area contributed by atoms with Crippen molar-refractivity contribution >= 4 is 5.95 Å². The molecule has 4 heteroatoms. The highest BCUT2D eigenvalue weighted by Gasteiger charge is 2.16. The van der Waals surface area contributed by atoms with E-state index < -0.39 is 0 Å². The molecule has 0 bridgehead atoms. The van der Waals surface area contributed by atoms with E-state index in [4.69, 9.17) is 4.98 Å². The number of hydrogen-bond acceptors (Lipinski definition) is 4. The summed E-state index contributed by atoms with van der Waals surface area (Å²) in [6, 6.07) is 0.408. The number of anilines is 1. The molecule has 0 saturated heterocycles. The first-order valence-corrected chi connectivity index (χ1v) is 7.94. The fourth-order valence-electron chi connectivity index (χ4n) is 2.07. The summed E-state index contributed by atoms with van der Waals surface area (Å²) in [7, 11) is 0. The van der Waals surface area contributed by atoms with Crippen molar-refractivity contribution in [2.45, 2.75) is 73.5 Å². The van der Waals surface area contributed by atoms with Crippen molar-refractivity contribution < 1.29 is 0 Å². The van der Waals surface area contributed by atoms with Crippen LogP contribution in [0.4, 0.5) is 5.95 Å². The molecule has 4 nitrogen and oxygen atoms in total. The van der Waals surface area contributed by atoms with Gasteiger partial charge in [-0.15, -0.1) is 0 Å². The molecule has 1 heterocycles. The summed E-state index contributed by atoms with van der Waals surface area (Å²) in [6.45, 7) is 19.2. The summed E-state index contributed by atoms with van der Waals surface area (Å²) in [5, 5.41) is 3.49. The van der Waals surface area contributed by atoms with Gasteiger partial charge < -0.3 is 10.2 Å². The van der Waals surface area contributed by atoms with Crippen LogP contribution >= 0.6 is 0 Å². The van der Waals surface area contributed by atoms with Crippen molar-refractivity contribution in [2.75, 3.05) is 11.4 Å². The van der Waals surface area contributed by atoms with Crippen LogP contribution in [0.3, 0.4) is 0 Å². The Morgan fingerprint density at radius 1 is 1.19 bits per heavy atom. The van der Waals surface area contributed by atoms with Gasteiger partial charge in [-0.25, -0.2) is 9.97 Å². The molecule has 1 N–H and O–H groups in total. The van der Waals surface area contributed by atoms with Crippen molar-refractivity contribution in [2.24, 2.45) is 5.92 Å². The standard InChI is InChI=1S/C17H32N4/c1-12(2)11-21(13(3)4)16-18-9-15(14(5)20-16)10-19-17(6,7)8/h9,12-13,19H,10-11H2,1-8H3. The van der Waals surface area contributed by atoms with E-state index in [0.29, 0.717) is 12.0 Å². The maximum absolute atomic E-state index is 4.72. The van der Waals surface area contributed by atoms with Crippen LogP contribution in [0, 0.1) is 12.8 Å². The van der Waals surface area contributed by atoms with Gasteiger partial charge in [0.2, 0.25) is 5.95 Å². The van der Waals surface area contributed by atoms with Gasteiger partial charge in [0.25, 0.3) is 0 Å². The topological polar surface area (TPSA) is 41.1 Å². The zero-order valence-corrected chi connectivity index (χ0v) is 15.0. The lowest BCUT2D eigenvalue weighted by Gasteiger charge is -2.29. The molecule has 0 aliphatic carbocycles. The van der Waals surface area contributed by atoms with Crippen molar-refractivity contribution in [3.05, 3.63) is 17.5 Å². The molecular formula is C17H32N4. The first-order valence-electron chi connectivity index (χ1n) is 7.94. The van der Waals surface area contributed by atoms with Gasteiger partial charge in [0.1, 0.15) is 0 Å². The number of rotatable bonds is 6. The van der Waals surface area contributed by atoms with Crippen LogP contribution in [-0.4, -0.2) is 28.1 Å². The number of nitrogens with one attached hydrogen (secondary N) is 1. The molecule has 0 aromatic carbocycles. The molecule has 1 rings (SSSR count). The smallest absolute Gasteiger partial charge is 0.225 e. The van der Waals surface area contributed by atoms with E-state index in [9.17, 15) is 0 Å². The maximum atomic E-state index is 4.72. The highest BCUT2D eigenvalue weighted by Crippen LogP contribution is 2.16. The molecule has 0 radical (unpaired) electrons. The van der Waals surface area contributed by atoms with E-state index in [2.05, 4.69) is 70.6 Å². The molecule has 1 aromatic rings. The molecule has 0 saturated carbocycles. The van der Waals surface area contributed by atoms with Gasteiger partial charge in [-0.2, -0.15) is 0 Å². The van der Waals surface area contributed by atoms with Crippen molar-refractivity contribution in [3.63, 3.8) is 0 Å². The molecule has 21 heavy (non-hydrogen) atoms. The van der Waals surface area contributed by atoms with Crippen LogP contribution in [0.5, 0.6) is 0 Å². The Hall–Kier alpha value is -1.16. The zero-order valence-electron chi connectivity index (χ0n) is 15.0. The first kappa shape index (κ1) is 17.9. The Bertz CT molecular complexity index is 447. The molecule has 120 valence electrons. The lowest BCUT2D eigenvalue weighted by Crippen LogP contribution is -2.36. The third kappa shape index (κ3) is 6.00. The minimum atomic E-state index is 0.104. The van der Waals surface area contributed by atoms with Crippen molar-refractivity contribution in [1.82, 2.24) is 15.3 Å². The van der Waals surface area contributed by atoms with E-state index in [1.807, 2.05) is 6.20 Å². The number of nitrogens with zero attached hydrogens (tertiary/aromatic N) is 3. The second-order valence-electron chi connectivity index (χ2n) is 7.52. The second kappa shape index (κ2) is 7.21. The van der Waals surface area contributed by atoms with Crippen LogP contribution < -0.4 is 10.2 Å². The average Bonchev–Trinajstić information content (AvgIpc) is 2.32. The van der Waals surface area contributed by atoms with Gasteiger partial charge in [-0.05, 0) is 47.5 Å². The molecule has 0 amide bonds. The average molecular weight is 292 g/mol. The third-order valence-electron chi connectivity index (χ3n) is 3.32. The Morgan fingerprint density at radius 3 is 2.24 bits per heavy atom. The van der Waals surface area contributed by atoms with Gasteiger partial charge >= 0.3 is 0 Å². The molecule has 0 atom stereocenters. The van der Waals surface area contributed by atoms with Gasteiger partial charge in [0.15, 0.2) is 0 Å². The monoisotopic (exact) mass is 292 g/mol. The number of aromatic nitrogens is 2. The van der Waals surface area contributed by atoms with Crippen LogP contribution in [-0.2, 0) is 6.54 Å². The van der Waals surface area contributed by atoms with Crippen molar-refractivity contribution in [1.29, 1.82) is 0 Å². The zero-order chi connectivity index (χ0) is 16.2. The van der Waals surface area contributed by atoms with E-state index in [1.54, 1.807) is 0 Å². The molecule has 0 spiro atoms. The second-order valence-corrected chi connectivity index (χ2v) is 7.52. The molecule has 0 unspecified atom stereocenters. The molecule has 0 fully saturated rings. The lowest BCUT2D eigenvalue weighted by atomic mass is 10.1. The minimum Gasteiger partial charge on any atom is -0.338 e. The fraction of sp³-hybridized carbons (Fsp3) is 0.765. The Labute approximate surface area is 130 Å². The van der Waals surface area contributed by atoms with E-state index in [0.717, 1.165) is 24.7 Å². The van der Waals surface area contributed by atoms with Crippen LogP contribution in [0.2, 0.25) is 0 Å². The van der Waals surface area contributed by atoms with Crippen LogP contribution in [0.15, 0.2) is 6.20 Å². The van der Waals surface area contributed by atoms with E-state index in [-0.39, 0.29) is 5.54 Å². The lowest BCUT2D eigenvalue weighted by molar-refractivity contribution is 0.423. The minimum absolute atomic E-state index is 0.104. The summed E-state index contributed by atoms with van der Waals surface area (Å²) in [5.74, 6) is 1.44. The van der Waals surface area contributed by atoms with Crippen LogP contribution in [0.1, 0.15) is 59.7 Å². The largest absolute Gasteiger partial charge is 0.338 e. The Kier molecular flexibility index (Phi) is 6.14. The predicted molar refractivity (Wildman–Crippen MR) is 90.7 cm³/mol. The molecular weight excluding hydrogens is 260 g/mol. The molecule has 0 aliphatic heterocycles. The Balaban J connectivity index is 2.89. The van der Waals surface area contributed by atoms with E-state index >= 15 is 0 Å². The highest BCUT2D eigenvalue weighted by atomic mass is 15.3. The molecule has 1 aromatic heterocycles. The predicted octanol–water partition coefficient (Wildman–Crippen LogP) is 3.54. The van der Waals surface area contributed by atoms with Crippen LogP contribution in [0.25, 0.3) is 0 Å². The van der Waals surface area contributed by atoms with Gasteiger partial charge in [-0.1, -0.05) is 13.8 Å².